The minimum atomic E-state index is -0.423. The molecule has 4 rings (SSSR count). The Kier molecular flexibility index (Phi) is 4.86. The number of anilines is 1. The number of nitrogens with zero attached hydrogens (tertiary/aromatic N) is 1. The summed E-state index contributed by atoms with van der Waals surface area (Å²) in [7, 11) is 0. The number of carbonyl (C=O) groups excluding carboxylic acids is 2. The van der Waals surface area contributed by atoms with Crippen molar-refractivity contribution >= 4 is 28.5 Å². The van der Waals surface area contributed by atoms with Crippen LogP contribution >= 0.6 is 0 Å². The molecule has 1 aliphatic heterocycles. The number of fused-ring (bicyclic) bond motifs is 1. The second-order valence-electron chi connectivity index (χ2n) is 7.24. The maximum Gasteiger partial charge on any atom is 0.291 e. The number of halogens is 1. The lowest BCUT2D eigenvalue weighted by Gasteiger charge is -2.29. The van der Waals surface area contributed by atoms with Crippen molar-refractivity contribution in [3.63, 3.8) is 0 Å². The minimum Gasteiger partial charge on any atom is -0.449 e. The quantitative estimate of drug-likeness (QED) is 0.717. The van der Waals surface area contributed by atoms with Crippen molar-refractivity contribution in [2.75, 3.05) is 18.4 Å². The number of amides is 2. The van der Waals surface area contributed by atoms with Crippen LogP contribution in [0.1, 0.15) is 40.7 Å². The summed E-state index contributed by atoms with van der Waals surface area (Å²) in [5.74, 6) is -0.338. The van der Waals surface area contributed by atoms with Gasteiger partial charge >= 0.3 is 0 Å². The van der Waals surface area contributed by atoms with E-state index >= 15 is 0 Å². The third-order valence-electron chi connectivity index (χ3n) is 5.21. The van der Waals surface area contributed by atoms with E-state index in [1.54, 1.807) is 17.0 Å². The molecule has 1 fully saturated rings. The minimum absolute atomic E-state index is 0.131. The number of nitrogens with one attached hydrogen (secondary N) is 1. The average molecular weight is 380 g/mol. The summed E-state index contributed by atoms with van der Waals surface area (Å²) in [5.41, 5.74) is 1.19. The average Bonchev–Trinajstić information content (AvgIpc) is 3.07. The van der Waals surface area contributed by atoms with E-state index in [1.807, 2.05) is 12.1 Å². The fraction of sp³-hybridized carbons (Fsp3) is 0.273. The second-order valence-corrected chi connectivity index (χ2v) is 7.24. The highest BCUT2D eigenvalue weighted by Crippen LogP contribution is 2.33. The molecule has 144 valence electrons. The molecule has 0 radical (unpaired) electrons. The van der Waals surface area contributed by atoms with Crippen molar-refractivity contribution in [3.8, 4) is 0 Å². The molecule has 5 nitrogen and oxygen atoms in total. The van der Waals surface area contributed by atoms with Gasteiger partial charge in [0.25, 0.3) is 11.8 Å². The number of likely N-dealkylation sites (tertiary alicyclic amines) is 1. The summed E-state index contributed by atoms with van der Waals surface area (Å²) in [6.07, 6.45) is 1.90. The maximum atomic E-state index is 13.1. The van der Waals surface area contributed by atoms with Gasteiger partial charge in [0.2, 0.25) is 5.76 Å². The lowest BCUT2D eigenvalue weighted by atomic mass is 9.99. The van der Waals surface area contributed by atoms with E-state index in [-0.39, 0.29) is 11.7 Å². The van der Waals surface area contributed by atoms with Crippen molar-refractivity contribution in [2.24, 2.45) is 5.92 Å². The Balaban J connectivity index is 1.68. The molecule has 2 heterocycles. The van der Waals surface area contributed by atoms with E-state index in [1.165, 1.54) is 24.3 Å². The number of carbonyl (C=O) groups is 2. The fourth-order valence-electron chi connectivity index (χ4n) is 3.46. The predicted octanol–water partition coefficient (Wildman–Crippen LogP) is 4.70. The Labute approximate surface area is 162 Å². The Bertz CT molecular complexity index is 1020. The molecule has 1 aromatic heterocycles. The standard InChI is InChI=1S/C22H21FN2O3/c1-14-10-12-25(13-11-14)22(27)20-19(17-4-2-3-5-18(17)28-20)24-21(26)15-6-8-16(23)9-7-15/h2-9,14H,10-13H2,1H3,(H,24,26). The van der Waals surface area contributed by atoms with Crippen LogP contribution in [0.4, 0.5) is 10.1 Å². The van der Waals surface area contributed by atoms with E-state index in [0.29, 0.717) is 41.2 Å². The first-order valence-corrected chi connectivity index (χ1v) is 9.40. The van der Waals surface area contributed by atoms with Gasteiger partial charge in [-0.15, -0.1) is 0 Å². The SMILES string of the molecule is CC1CCN(C(=O)c2oc3ccccc3c2NC(=O)c2ccc(F)cc2)CC1. The van der Waals surface area contributed by atoms with Crippen molar-refractivity contribution in [1.82, 2.24) is 4.90 Å². The lowest BCUT2D eigenvalue weighted by Crippen LogP contribution is -2.38. The molecule has 0 bridgehead atoms. The molecule has 3 aromatic rings. The van der Waals surface area contributed by atoms with Crippen molar-refractivity contribution in [3.05, 3.63) is 65.7 Å². The molecule has 1 N–H and O–H groups in total. The third kappa shape index (κ3) is 3.50. The molecule has 2 aromatic carbocycles. The van der Waals surface area contributed by atoms with E-state index in [0.717, 1.165) is 12.8 Å². The Hall–Kier alpha value is -3.15. The van der Waals surface area contributed by atoms with Crippen LogP contribution in [0.15, 0.2) is 52.9 Å². The molecule has 6 heteroatoms. The fourth-order valence-corrected chi connectivity index (χ4v) is 3.46. The Morgan fingerprint density at radius 1 is 1.07 bits per heavy atom. The number of benzene rings is 2. The number of hydrogen-bond acceptors (Lipinski definition) is 3. The molecule has 0 atom stereocenters. The molecule has 0 unspecified atom stereocenters. The highest BCUT2D eigenvalue weighted by molar-refractivity contribution is 6.14. The molecule has 28 heavy (non-hydrogen) atoms. The number of rotatable bonds is 3. The van der Waals surface area contributed by atoms with Crippen LogP contribution < -0.4 is 5.32 Å². The monoisotopic (exact) mass is 380 g/mol. The van der Waals surface area contributed by atoms with Gasteiger partial charge in [0.05, 0.1) is 0 Å². The van der Waals surface area contributed by atoms with Crippen LogP contribution in [0.5, 0.6) is 0 Å². The van der Waals surface area contributed by atoms with Gasteiger partial charge < -0.3 is 14.6 Å². The van der Waals surface area contributed by atoms with Gasteiger partial charge in [0.15, 0.2) is 0 Å². The van der Waals surface area contributed by atoms with Gasteiger partial charge in [-0.3, -0.25) is 9.59 Å². The Morgan fingerprint density at radius 3 is 2.46 bits per heavy atom. The van der Waals surface area contributed by atoms with Gasteiger partial charge in [-0.1, -0.05) is 19.1 Å². The van der Waals surface area contributed by atoms with E-state index in [2.05, 4.69) is 12.2 Å². The smallest absolute Gasteiger partial charge is 0.291 e. The first-order chi connectivity index (χ1) is 13.5. The number of para-hydroxylation sites is 1. The van der Waals surface area contributed by atoms with Crippen LogP contribution in [0.25, 0.3) is 11.0 Å². The molecule has 1 aliphatic rings. The zero-order valence-corrected chi connectivity index (χ0v) is 15.6. The summed E-state index contributed by atoms with van der Waals surface area (Å²) in [6.45, 7) is 3.52. The summed E-state index contributed by atoms with van der Waals surface area (Å²) in [5, 5.41) is 3.45. The van der Waals surface area contributed by atoms with Crippen LogP contribution in [0.2, 0.25) is 0 Å². The maximum absolute atomic E-state index is 13.1. The van der Waals surface area contributed by atoms with Crippen LogP contribution in [-0.4, -0.2) is 29.8 Å². The van der Waals surface area contributed by atoms with Gasteiger partial charge in [-0.2, -0.15) is 0 Å². The number of hydrogen-bond donors (Lipinski definition) is 1. The first-order valence-electron chi connectivity index (χ1n) is 9.40. The molecule has 0 aliphatic carbocycles. The van der Waals surface area contributed by atoms with E-state index in [4.69, 9.17) is 4.42 Å². The molecular formula is C22H21FN2O3. The Morgan fingerprint density at radius 2 is 1.75 bits per heavy atom. The molecule has 0 spiro atoms. The molecular weight excluding hydrogens is 359 g/mol. The van der Waals surface area contributed by atoms with Crippen molar-refractivity contribution in [1.29, 1.82) is 0 Å². The van der Waals surface area contributed by atoms with E-state index < -0.39 is 11.7 Å². The van der Waals surface area contributed by atoms with Gasteiger partial charge in [-0.25, -0.2) is 4.39 Å². The molecule has 0 saturated carbocycles. The van der Waals surface area contributed by atoms with Crippen molar-refractivity contribution in [2.45, 2.75) is 19.8 Å². The first kappa shape index (κ1) is 18.2. The summed E-state index contributed by atoms with van der Waals surface area (Å²) >= 11 is 0. The zero-order chi connectivity index (χ0) is 19.7. The second kappa shape index (κ2) is 7.46. The highest BCUT2D eigenvalue weighted by atomic mass is 19.1. The topological polar surface area (TPSA) is 62.6 Å². The zero-order valence-electron chi connectivity index (χ0n) is 15.6. The molecule has 1 saturated heterocycles. The summed E-state index contributed by atoms with van der Waals surface area (Å²) in [6, 6.07) is 12.5. The van der Waals surface area contributed by atoms with Crippen LogP contribution in [0, 0.1) is 11.7 Å². The number of piperidine rings is 1. The van der Waals surface area contributed by atoms with Gasteiger partial charge in [-0.05, 0) is 55.2 Å². The van der Waals surface area contributed by atoms with Gasteiger partial charge in [0, 0.05) is 24.0 Å². The third-order valence-corrected chi connectivity index (χ3v) is 5.21. The van der Waals surface area contributed by atoms with Crippen LogP contribution in [0.3, 0.4) is 0 Å². The largest absolute Gasteiger partial charge is 0.449 e. The summed E-state index contributed by atoms with van der Waals surface area (Å²) in [4.78, 5) is 27.5. The van der Waals surface area contributed by atoms with Crippen LogP contribution in [-0.2, 0) is 0 Å². The van der Waals surface area contributed by atoms with Crippen molar-refractivity contribution < 1.29 is 18.4 Å². The van der Waals surface area contributed by atoms with Gasteiger partial charge in [0.1, 0.15) is 17.1 Å². The number of furan rings is 1. The normalized spacial score (nSPS) is 15.0. The highest BCUT2D eigenvalue weighted by Gasteiger charge is 2.28. The molecule has 2 amide bonds. The summed E-state index contributed by atoms with van der Waals surface area (Å²) < 4.78 is 19.0. The predicted molar refractivity (Wildman–Crippen MR) is 105 cm³/mol. The lowest BCUT2D eigenvalue weighted by molar-refractivity contribution is 0.0669. The van der Waals surface area contributed by atoms with E-state index in [9.17, 15) is 14.0 Å².